The molecule has 46 heavy (non-hydrogen) atoms. The van der Waals surface area contributed by atoms with E-state index in [1.807, 2.05) is 44.2 Å². The molecule has 5 atom stereocenters. The van der Waals surface area contributed by atoms with Crippen LogP contribution in [0.1, 0.15) is 130 Å². The third kappa shape index (κ3) is 15.3. The van der Waals surface area contributed by atoms with Crippen LogP contribution in [0.15, 0.2) is 35.2 Å². The van der Waals surface area contributed by atoms with E-state index in [0.717, 1.165) is 56.3 Å². The van der Waals surface area contributed by atoms with Crippen LogP contribution in [0.4, 0.5) is 0 Å². The lowest BCUT2D eigenvalue weighted by atomic mass is 9.98. The highest BCUT2D eigenvalue weighted by Gasteiger charge is 2.53. The number of hydrogen-bond donors (Lipinski definition) is 0. The number of unbranched alkanes of at least 4 members (excludes halogenated alkanes) is 8. The average molecular weight is 665 g/mol. The first-order valence-corrected chi connectivity index (χ1v) is 18.3. The van der Waals surface area contributed by atoms with Gasteiger partial charge in [-0.25, -0.2) is 0 Å². The van der Waals surface area contributed by atoms with E-state index in [1.54, 1.807) is 0 Å². The Bertz CT molecular complexity index is 1020. The van der Waals surface area contributed by atoms with Crippen molar-refractivity contribution in [3.63, 3.8) is 0 Å². The molecule has 0 amide bonds. The Kier molecular flexibility index (Phi) is 20.4. The molecule has 2 rings (SSSR count). The third-order valence-electron chi connectivity index (χ3n) is 7.74. The first-order chi connectivity index (χ1) is 22.3. The number of benzene rings is 1. The van der Waals surface area contributed by atoms with Crippen molar-refractivity contribution >= 4 is 35.6 Å². The summed E-state index contributed by atoms with van der Waals surface area (Å²) in [4.78, 5) is 53.0. The van der Waals surface area contributed by atoms with Gasteiger partial charge in [-0.2, -0.15) is 0 Å². The maximum absolute atomic E-state index is 13.2. The zero-order valence-corrected chi connectivity index (χ0v) is 29.2. The lowest BCUT2D eigenvalue weighted by Gasteiger charge is -2.44. The van der Waals surface area contributed by atoms with Crippen molar-refractivity contribution in [1.29, 1.82) is 0 Å². The lowest BCUT2D eigenvalue weighted by molar-refractivity contribution is -0.239. The topological polar surface area (TPSA) is 114 Å². The Morgan fingerprint density at radius 1 is 0.587 bits per heavy atom. The summed E-state index contributed by atoms with van der Waals surface area (Å²) < 4.78 is 30.3. The molecule has 0 aliphatic carbocycles. The molecule has 1 fully saturated rings. The molecule has 0 bridgehead atoms. The molecule has 0 saturated carbocycles. The largest absolute Gasteiger partial charge is 0.463 e. The van der Waals surface area contributed by atoms with E-state index in [4.69, 9.17) is 23.7 Å². The number of carbonyl (C=O) groups is 4. The molecule has 1 heterocycles. The molecule has 1 aliphatic rings. The highest BCUT2D eigenvalue weighted by atomic mass is 32.2. The minimum absolute atomic E-state index is 0.174. The predicted molar refractivity (Wildman–Crippen MR) is 178 cm³/mol. The van der Waals surface area contributed by atoms with E-state index < -0.39 is 47.8 Å². The minimum Gasteiger partial charge on any atom is -0.463 e. The van der Waals surface area contributed by atoms with Crippen molar-refractivity contribution in [2.75, 3.05) is 6.61 Å². The second-order valence-electron chi connectivity index (χ2n) is 11.8. The Hall–Kier alpha value is -2.59. The molecule has 260 valence electrons. The number of carbonyl (C=O) groups excluding carboxylic acids is 4. The molecule has 1 aromatic carbocycles. The second kappa shape index (κ2) is 23.7. The normalized spacial score (nSPS) is 20.9. The van der Waals surface area contributed by atoms with Crippen molar-refractivity contribution in [2.24, 2.45) is 0 Å². The summed E-state index contributed by atoms with van der Waals surface area (Å²) in [5.41, 5.74) is -0.829. The van der Waals surface area contributed by atoms with Gasteiger partial charge in [-0.15, -0.1) is 0 Å². The number of hydrogen-bond acceptors (Lipinski definition) is 10. The molecule has 10 heteroatoms. The van der Waals surface area contributed by atoms with Gasteiger partial charge in [0.2, 0.25) is 0 Å². The van der Waals surface area contributed by atoms with E-state index in [1.165, 1.54) is 11.8 Å². The van der Waals surface area contributed by atoms with E-state index in [0.29, 0.717) is 25.7 Å². The fourth-order valence-electron chi connectivity index (χ4n) is 5.10. The van der Waals surface area contributed by atoms with Gasteiger partial charge in [0, 0.05) is 30.6 Å². The molecular formula is C36H56O9S. The molecule has 1 aliphatic heterocycles. The van der Waals surface area contributed by atoms with Gasteiger partial charge >= 0.3 is 23.9 Å². The zero-order chi connectivity index (χ0) is 33.6. The summed E-state index contributed by atoms with van der Waals surface area (Å²) in [6.07, 6.45) is 6.42. The summed E-state index contributed by atoms with van der Waals surface area (Å²) in [5, 5.41) is 0. The fraction of sp³-hybridized carbons (Fsp3) is 0.722. The lowest BCUT2D eigenvalue weighted by Crippen LogP contribution is -2.61. The second-order valence-corrected chi connectivity index (χ2v) is 13.0. The minimum atomic E-state index is -1.15. The molecule has 0 radical (unpaired) electrons. The number of thioether (sulfide) groups is 1. The van der Waals surface area contributed by atoms with Gasteiger partial charge in [0.15, 0.2) is 18.3 Å². The first-order valence-electron chi connectivity index (χ1n) is 17.4. The van der Waals surface area contributed by atoms with Gasteiger partial charge < -0.3 is 23.7 Å². The summed E-state index contributed by atoms with van der Waals surface area (Å²) in [6.45, 7) is 8.00. The molecule has 0 spiro atoms. The maximum atomic E-state index is 13.2. The Labute approximate surface area is 280 Å². The van der Waals surface area contributed by atoms with Crippen LogP contribution in [0.25, 0.3) is 0 Å². The number of esters is 4. The van der Waals surface area contributed by atoms with Gasteiger partial charge in [-0.3, -0.25) is 19.2 Å². The van der Waals surface area contributed by atoms with E-state index in [9.17, 15) is 19.2 Å². The monoisotopic (exact) mass is 664 g/mol. The van der Waals surface area contributed by atoms with Crippen LogP contribution in [0.3, 0.4) is 0 Å². The molecule has 1 aromatic rings. The van der Waals surface area contributed by atoms with Crippen molar-refractivity contribution in [2.45, 2.75) is 165 Å². The zero-order valence-electron chi connectivity index (χ0n) is 28.4. The van der Waals surface area contributed by atoms with Gasteiger partial charge in [0.25, 0.3) is 0 Å². The van der Waals surface area contributed by atoms with Gasteiger partial charge in [-0.05, 0) is 37.8 Å². The predicted octanol–water partition coefficient (Wildman–Crippen LogP) is 8.10. The van der Waals surface area contributed by atoms with Crippen LogP contribution in [-0.2, 0) is 42.9 Å². The van der Waals surface area contributed by atoms with E-state index >= 15 is 0 Å². The average Bonchev–Trinajstić information content (AvgIpc) is 3.04. The summed E-state index contributed by atoms with van der Waals surface area (Å²) in [7, 11) is 0. The van der Waals surface area contributed by atoms with Crippen LogP contribution in [0, 0.1) is 0 Å². The molecule has 9 nitrogen and oxygen atoms in total. The van der Waals surface area contributed by atoms with Crippen LogP contribution in [0.5, 0.6) is 0 Å². The van der Waals surface area contributed by atoms with Gasteiger partial charge in [0.1, 0.15) is 18.1 Å². The number of rotatable bonds is 23. The fourth-order valence-corrected chi connectivity index (χ4v) is 6.22. The highest BCUT2D eigenvalue weighted by Crippen LogP contribution is 2.38. The third-order valence-corrected chi connectivity index (χ3v) is 8.89. The maximum Gasteiger partial charge on any atom is 0.306 e. The quantitative estimate of drug-likeness (QED) is 0.0646. The van der Waals surface area contributed by atoms with Crippen molar-refractivity contribution in [3.8, 4) is 0 Å². The van der Waals surface area contributed by atoms with Gasteiger partial charge in [-0.1, -0.05) is 109 Å². The standard InChI is InChI=1S/C36H56O9S/c1-5-9-14-22-29(37)41-26-28-33(43-30(38)23-15-10-6-2)34(44-31(39)24-16-11-7-3)35(45-32(40)25-17-12-8-4)36(42-28)46-27-20-18-13-19-21-27/h13,18-21,28,33-36H,5-12,14-17,22-26H2,1-4H3/t28-,33-,34+,35+,36-/m1/s1. The molecule has 0 N–H and O–H groups in total. The number of ether oxygens (including phenoxy) is 5. The van der Waals surface area contributed by atoms with Crippen molar-refractivity contribution < 1.29 is 42.9 Å². The molecule has 0 aromatic heterocycles. The Balaban J connectivity index is 2.47. The van der Waals surface area contributed by atoms with Crippen LogP contribution in [-0.4, -0.2) is 60.3 Å². The van der Waals surface area contributed by atoms with E-state index in [2.05, 4.69) is 13.8 Å². The Morgan fingerprint density at radius 3 is 1.50 bits per heavy atom. The highest BCUT2D eigenvalue weighted by molar-refractivity contribution is 7.99. The molecule has 0 unspecified atom stereocenters. The summed E-state index contributed by atoms with van der Waals surface area (Å²) >= 11 is 1.32. The van der Waals surface area contributed by atoms with Crippen molar-refractivity contribution in [3.05, 3.63) is 30.3 Å². The summed E-state index contributed by atoms with van der Waals surface area (Å²) in [5.74, 6) is -1.77. The summed E-state index contributed by atoms with van der Waals surface area (Å²) in [6, 6.07) is 9.48. The van der Waals surface area contributed by atoms with Crippen LogP contribution in [0.2, 0.25) is 0 Å². The van der Waals surface area contributed by atoms with Crippen molar-refractivity contribution in [1.82, 2.24) is 0 Å². The van der Waals surface area contributed by atoms with Crippen LogP contribution >= 0.6 is 11.8 Å². The van der Waals surface area contributed by atoms with E-state index in [-0.39, 0.29) is 38.3 Å². The smallest absolute Gasteiger partial charge is 0.306 e. The molecular weight excluding hydrogens is 608 g/mol. The molecule has 1 saturated heterocycles. The Morgan fingerprint density at radius 2 is 1.02 bits per heavy atom. The van der Waals surface area contributed by atoms with Crippen LogP contribution < -0.4 is 0 Å². The first kappa shape index (κ1) is 39.6. The van der Waals surface area contributed by atoms with Gasteiger partial charge in [0.05, 0.1) is 0 Å². The SMILES string of the molecule is CCCCCC(=O)OC[C@H]1O[C@H](Sc2ccccc2)[C@@H](OC(=O)CCCCC)[C@@H](OC(=O)CCCCC)[C@@H]1OC(=O)CCCCC.